The first kappa shape index (κ1) is 21.9. The summed E-state index contributed by atoms with van der Waals surface area (Å²) in [6.45, 7) is 1.30. The Bertz CT molecular complexity index is 1100. The highest BCUT2D eigenvalue weighted by atomic mass is 35.5. The van der Waals surface area contributed by atoms with E-state index in [2.05, 4.69) is 21.3 Å². The molecule has 0 radical (unpaired) electrons. The molecule has 8 heteroatoms. The zero-order chi connectivity index (χ0) is 22.2. The van der Waals surface area contributed by atoms with Crippen LogP contribution in [0.25, 0.3) is 0 Å². The molecule has 0 unspecified atom stereocenters. The normalized spacial score (nSPS) is 10.1. The van der Waals surface area contributed by atoms with Crippen molar-refractivity contribution in [2.45, 2.75) is 6.92 Å². The van der Waals surface area contributed by atoms with Crippen LogP contribution in [0.3, 0.4) is 0 Å². The molecule has 0 saturated carbocycles. The van der Waals surface area contributed by atoms with Crippen LogP contribution in [-0.2, 0) is 9.59 Å². The van der Waals surface area contributed by atoms with Crippen LogP contribution in [0.2, 0.25) is 5.02 Å². The Hall–Kier alpha value is -3.84. The quantitative estimate of drug-likeness (QED) is 0.435. The number of anilines is 4. The molecule has 31 heavy (non-hydrogen) atoms. The Labute approximate surface area is 184 Å². The van der Waals surface area contributed by atoms with Crippen molar-refractivity contribution in [2.75, 3.05) is 27.8 Å². The van der Waals surface area contributed by atoms with Crippen molar-refractivity contribution in [3.05, 3.63) is 83.4 Å². The van der Waals surface area contributed by atoms with Gasteiger partial charge in [0, 0.05) is 17.6 Å². The molecular weight excluding hydrogens is 416 g/mol. The number of carbonyl (C=O) groups is 3. The van der Waals surface area contributed by atoms with Gasteiger partial charge in [-0.25, -0.2) is 0 Å². The Balaban J connectivity index is 1.67. The molecule has 0 fully saturated rings. The van der Waals surface area contributed by atoms with Crippen molar-refractivity contribution >= 4 is 52.1 Å². The van der Waals surface area contributed by atoms with Gasteiger partial charge in [0.05, 0.1) is 29.2 Å². The van der Waals surface area contributed by atoms with E-state index in [-0.39, 0.29) is 24.3 Å². The topological polar surface area (TPSA) is 99.3 Å². The van der Waals surface area contributed by atoms with Gasteiger partial charge in [0.1, 0.15) is 0 Å². The molecule has 4 N–H and O–H groups in total. The second kappa shape index (κ2) is 10.3. The minimum atomic E-state index is -0.367. The van der Waals surface area contributed by atoms with Crippen molar-refractivity contribution in [3.63, 3.8) is 0 Å². The standard InChI is InChI=1S/C23H21ClN4O3/c1-15(29)26-20-12-11-16(24)13-21(20)25-14-22(30)28-19-10-6-5-9-18(19)23(31)27-17-7-3-2-4-8-17/h2-13,25H,14H2,1H3,(H,26,29)(H,27,31)(H,28,30). The lowest BCUT2D eigenvalue weighted by atomic mass is 10.1. The van der Waals surface area contributed by atoms with Crippen molar-refractivity contribution in [1.29, 1.82) is 0 Å². The van der Waals surface area contributed by atoms with Gasteiger partial charge >= 0.3 is 0 Å². The average Bonchev–Trinajstić information content (AvgIpc) is 2.74. The lowest BCUT2D eigenvalue weighted by Gasteiger charge is -2.14. The number of hydrogen-bond acceptors (Lipinski definition) is 4. The molecule has 0 atom stereocenters. The second-order valence-corrected chi connectivity index (χ2v) is 7.07. The first-order chi connectivity index (χ1) is 14.9. The van der Waals surface area contributed by atoms with Crippen LogP contribution < -0.4 is 21.3 Å². The first-order valence-corrected chi connectivity index (χ1v) is 9.86. The maximum absolute atomic E-state index is 12.6. The third-order valence-electron chi connectivity index (χ3n) is 4.21. The molecule has 0 aliphatic heterocycles. The molecule has 0 spiro atoms. The molecule has 3 rings (SSSR count). The van der Waals surface area contributed by atoms with Crippen molar-refractivity contribution in [1.82, 2.24) is 0 Å². The van der Waals surface area contributed by atoms with Gasteiger partial charge in [-0.2, -0.15) is 0 Å². The molecule has 0 heterocycles. The van der Waals surface area contributed by atoms with Crippen LogP contribution >= 0.6 is 11.6 Å². The maximum Gasteiger partial charge on any atom is 0.257 e. The van der Waals surface area contributed by atoms with E-state index in [4.69, 9.17) is 11.6 Å². The number of halogens is 1. The number of amides is 3. The molecule has 0 aromatic heterocycles. The van der Waals surface area contributed by atoms with Crippen molar-refractivity contribution < 1.29 is 14.4 Å². The molecule has 3 aromatic carbocycles. The smallest absolute Gasteiger partial charge is 0.257 e. The summed E-state index contributed by atoms with van der Waals surface area (Å²) in [6, 6.07) is 20.7. The first-order valence-electron chi connectivity index (χ1n) is 9.48. The molecule has 0 bridgehead atoms. The summed E-state index contributed by atoms with van der Waals surface area (Å²) < 4.78 is 0. The fourth-order valence-electron chi connectivity index (χ4n) is 2.84. The molecule has 0 saturated heterocycles. The van der Waals surface area contributed by atoms with Gasteiger partial charge in [-0.3, -0.25) is 14.4 Å². The second-order valence-electron chi connectivity index (χ2n) is 6.64. The molecule has 158 valence electrons. The van der Waals surface area contributed by atoms with Gasteiger partial charge in [-0.1, -0.05) is 41.9 Å². The van der Waals surface area contributed by atoms with E-state index >= 15 is 0 Å². The minimum absolute atomic E-state index is 0.0957. The summed E-state index contributed by atoms with van der Waals surface area (Å²) in [6.07, 6.45) is 0. The monoisotopic (exact) mass is 436 g/mol. The zero-order valence-corrected chi connectivity index (χ0v) is 17.5. The van der Waals surface area contributed by atoms with E-state index in [1.165, 1.54) is 6.92 Å². The Kier molecular flexibility index (Phi) is 7.24. The van der Waals surface area contributed by atoms with Gasteiger partial charge in [0.25, 0.3) is 5.91 Å². The van der Waals surface area contributed by atoms with Gasteiger partial charge in [-0.05, 0) is 42.5 Å². The lowest BCUT2D eigenvalue weighted by molar-refractivity contribution is -0.115. The van der Waals surface area contributed by atoms with Crippen molar-refractivity contribution in [2.24, 2.45) is 0 Å². The number of rotatable bonds is 7. The predicted octanol–water partition coefficient (Wildman–Crippen LogP) is 4.60. The summed E-state index contributed by atoms with van der Waals surface area (Å²) in [4.78, 5) is 36.5. The SMILES string of the molecule is CC(=O)Nc1ccc(Cl)cc1NCC(=O)Nc1ccccc1C(=O)Nc1ccccc1. The van der Waals surface area contributed by atoms with E-state index in [1.807, 2.05) is 18.2 Å². The number of benzene rings is 3. The summed E-state index contributed by atoms with van der Waals surface area (Å²) in [5.74, 6) is -0.945. The lowest BCUT2D eigenvalue weighted by Crippen LogP contribution is -2.24. The van der Waals surface area contributed by atoms with Crippen LogP contribution in [0.4, 0.5) is 22.7 Å². The molecule has 7 nitrogen and oxygen atoms in total. The van der Waals surface area contributed by atoms with Gasteiger partial charge < -0.3 is 21.3 Å². The Morgan fingerprint density at radius 2 is 1.48 bits per heavy atom. The Morgan fingerprint density at radius 1 is 0.774 bits per heavy atom. The Morgan fingerprint density at radius 3 is 2.23 bits per heavy atom. The van der Waals surface area contributed by atoms with Crippen LogP contribution in [0.5, 0.6) is 0 Å². The average molecular weight is 437 g/mol. The van der Waals surface area contributed by atoms with Gasteiger partial charge in [-0.15, -0.1) is 0 Å². The van der Waals surface area contributed by atoms with E-state index in [1.54, 1.807) is 54.6 Å². The third-order valence-corrected chi connectivity index (χ3v) is 4.44. The predicted molar refractivity (Wildman–Crippen MR) is 124 cm³/mol. The highest BCUT2D eigenvalue weighted by Gasteiger charge is 2.14. The zero-order valence-electron chi connectivity index (χ0n) is 16.7. The van der Waals surface area contributed by atoms with Gasteiger partial charge in [0.15, 0.2) is 0 Å². The third kappa shape index (κ3) is 6.32. The minimum Gasteiger partial charge on any atom is -0.374 e. The van der Waals surface area contributed by atoms with E-state index in [0.29, 0.717) is 33.3 Å². The summed E-state index contributed by atoms with van der Waals surface area (Å²) in [5.41, 5.74) is 2.39. The fourth-order valence-corrected chi connectivity index (χ4v) is 3.01. The van der Waals surface area contributed by atoms with E-state index in [9.17, 15) is 14.4 Å². The highest BCUT2D eigenvalue weighted by Crippen LogP contribution is 2.26. The summed E-state index contributed by atoms with van der Waals surface area (Å²) in [7, 11) is 0. The molecule has 0 aliphatic rings. The molecule has 3 amide bonds. The van der Waals surface area contributed by atoms with Crippen LogP contribution in [0, 0.1) is 0 Å². The van der Waals surface area contributed by atoms with Crippen LogP contribution in [-0.4, -0.2) is 24.3 Å². The van der Waals surface area contributed by atoms with Gasteiger partial charge in [0.2, 0.25) is 11.8 Å². The van der Waals surface area contributed by atoms with Crippen LogP contribution in [0.15, 0.2) is 72.8 Å². The molecule has 3 aromatic rings. The van der Waals surface area contributed by atoms with E-state index in [0.717, 1.165) is 0 Å². The van der Waals surface area contributed by atoms with Crippen molar-refractivity contribution in [3.8, 4) is 0 Å². The highest BCUT2D eigenvalue weighted by molar-refractivity contribution is 6.31. The molecular formula is C23H21ClN4O3. The maximum atomic E-state index is 12.6. The van der Waals surface area contributed by atoms with E-state index < -0.39 is 0 Å². The molecule has 0 aliphatic carbocycles. The number of carbonyl (C=O) groups excluding carboxylic acids is 3. The largest absolute Gasteiger partial charge is 0.374 e. The van der Waals surface area contributed by atoms with Crippen LogP contribution in [0.1, 0.15) is 17.3 Å². The summed E-state index contributed by atoms with van der Waals surface area (Å²) in [5, 5.41) is 11.6. The number of hydrogen-bond donors (Lipinski definition) is 4. The fraction of sp³-hybridized carbons (Fsp3) is 0.0870. The number of para-hydroxylation sites is 2. The summed E-state index contributed by atoms with van der Waals surface area (Å²) >= 11 is 6.02. The number of nitrogens with one attached hydrogen (secondary N) is 4.